The van der Waals surface area contributed by atoms with Crippen LogP contribution in [0.25, 0.3) is 5.57 Å². The summed E-state index contributed by atoms with van der Waals surface area (Å²) in [6, 6.07) is 10.1. The molecule has 2 aromatic carbocycles. The first-order chi connectivity index (χ1) is 11.7. The van der Waals surface area contributed by atoms with Crippen molar-refractivity contribution >= 4 is 5.57 Å². The highest BCUT2D eigenvalue weighted by atomic mass is 19.4. The van der Waals surface area contributed by atoms with Gasteiger partial charge in [-0.05, 0) is 28.8 Å². The van der Waals surface area contributed by atoms with Crippen molar-refractivity contribution in [2.75, 3.05) is 0 Å². The van der Waals surface area contributed by atoms with E-state index in [2.05, 4.69) is 0 Å². The van der Waals surface area contributed by atoms with Gasteiger partial charge in [0.2, 0.25) is 0 Å². The highest BCUT2D eigenvalue weighted by Crippen LogP contribution is 2.41. The Morgan fingerprint density at radius 2 is 1.24 bits per heavy atom. The lowest BCUT2D eigenvalue weighted by atomic mass is 9.94. The summed E-state index contributed by atoms with van der Waals surface area (Å²) in [7, 11) is 0. The number of hydrogen-bond acceptors (Lipinski definition) is 0. The molecule has 0 fully saturated rings. The minimum Gasteiger partial charge on any atom is -0.166 e. The second-order valence-electron chi connectivity index (χ2n) is 5.64. The first kappa shape index (κ1) is 17.3. The monoisotopic (exact) mass is 354 g/mol. The van der Waals surface area contributed by atoms with E-state index in [4.69, 9.17) is 0 Å². The number of halogens is 6. The molecule has 1 unspecified atom stereocenters. The average Bonchev–Trinajstić information content (AvgIpc) is 3.03. The zero-order valence-corrected chi connectivity index (χ0v) is 12.7. The van der Waals surface area contributed by atoms with Gasteiger partial charge in [0.15, 0.2) is 0 Å². The van der Waals surface area contributed by atoms with Gasteiger partial charge in [-0.25, -0.2) is 0 Å². The van der Waals surface area contributed by atoms with E-state index in [1.54, 1.807) is 0 Å². The lowest BCUT2D eigenvalue weighted by Crippen LogP contribution is -2.10. The van der Waals surface area contributed by atoms with Crippen LogP contribution < -0.4 is 0 Å². The third-order valence-corrected chi connectivity index (χ3v) is 4.01. The molecular weight excluding hydrogens is 342 g/mol. The minimum atomic E-state index is -4.53. The summed E-state index contributed by atoms with van der Waals surface area (Å²) in [5, 5.41) is 0. The molecule has 2 aromatic rings. The van der Waals surface area contributed by atoms with E-state index in [-0.39, 0.29) is 16.7 Å². The summed E-state index contributed by atoms with van der Waals surface area (Å²) in [5.41, 5.74) is -1.36. The molecule has 1 aliphatic carbocycles. The van der Waals surface area contributed by atoms with Crippen LogP contribution in [-0.4, -0.2) is 0 Å². The topological polar surface area (TPSA) is 0 Å². The quantitative estimate of drug-likeness (QED) is 0.543. The molecule has 0 aliphatic heterocycles. The van der Waals surface area contributed by atoms with Crippen molar-refractivity contribution in [2.45, 2.75) is 18.3 Å². The van der Waals surface area contributed by atoms with Gasteiger partial charge in [-0.1, -0.05) is 54.6 Å². The van der Waals surface area contributed by atoms with Crippen molar-refractivity contribution in [3.8, 4) is 0 Å². The Morgan fingerprint density at radius 1 is 0.680 bits per heavy atom. The molecule has 0 nitrogen and oxygen atoms in total. The van der Waals surface area contributed by atoms with E-state index in [1.165, 1.54) is 54.6 Å². The van der Waals surface area contributed by atoms with E-state index < -0.39 is 29.4 Å². The molecular formula is C19H12F6. The molecule has 25 heavy (non-hydrogen) atoms. The van der Waals surface area contributed by atoms with Crippen LogP contribution in [0.3, 0.4) is 0 Å². The summed E-state index contributed by atoms with van der Waals surface area (Å²) < 4.78 is 78.9. The molecule has 0 spiro atoms. The van der Waals surface area contributed by atoms with Gasteiger partial charge in [-0.3, -0.25) is 0 Å². The zero-order chi connectivity index (χ0) is 18.2. The summed E-state index contributed by atoms with van der Waals surface area (Å²) in [5.74, 6) is -0.728. The Kier molecular flexibility index (Phi) is 4.22. The second-order valence-corrected chi connectivity index (χ2v) is 5.64. The lowest BCUT2D eigenvalue weighted by molar-refractivity contribution is -0.138. The van der Waals surface area contributed by atoms with E-state index in [0.29, 0.717) is 0 Å². The van der Waals surface area contributed by atoms with Gasteiger partial charge >= 0.3 is 12.4 Å². The van der Waals surface area contributed by atoms with Gasteiger partial charge in [0, 0.05) is 5.92 Å². The molecule has 0 heterocycles. The lowest BCUT2D eigenvalue weighted by Gasteiger charge is -2.15. The molecule has 0 saturated heterocycles. The number of alkyl halides is 6. The Balaban J connectivity index is 2.03. The predicted molar refractivity (Wildman–Crippen MR) is 82.7 cm³/mol. The molecule has 0 saturated carbocycles. The van der Waals surface area contributed by atoms with Crippen LogP contribution in [0.5, 0.6) is 0 Å². The minimum absolute atomic E-state index is 0.0192. The van der Waals surface area contributed by atoms with Crippen LogP contribution in [-0.2, 0) is 12.4 Å². The van der Waals surface area contributed by atoms with Gasteiger partial charge in [0.25, 0.3) is 0 Å². The summed E-state index contributed by atoms with van der Waals surface area (Å²) >= 11 is 0. The van der Waals surface area contributed by atoms with Gasteiger partial charge in [-0.15, -0.1) is 0 Å². The fourth-order valence-corrected chi connectivity index (χ4v) is 2.91. The normalized spacial score (nSPS) is 17.7. The smallest absolute Gasteiger partial charge is 0.166 e. The molecule has 1 atom stereocenters. The van der Waals surface area contributed by atoms with Crippen LogP contribution in [0.4, 0.5) is 26.3 Å². The first-order valence-corrected chi connectivity index (χ1v) is 7.40. The van der Waals surface area contributed by atoms with Crippen LogP contribution in [0.15, 0.2) is 66.8 Å². The van der Waals surface area contributed by atoms with Crippen molar-refractivity contribution < 1.29 is 26.3 Å². The van der Waals surface area contributed by atoms with Crippen LogP contribution in [0.2, 0.25) is 0 Å². The highest BCUT2D eigenvalue weighted by molar-refractivity contribution is 5.80. The maximum atomic E-state index is 13.1. The van der Waals surface area contributed by atoms with Gasteiger partial charge in [0.05, 0.1) is 11.1 Å². The van der Waals surface area contributed by atoms with Crippen LogP contribution in [0.1, 0.15) is 28.2 Å². The Morgan fingerprint density at radius 3 is 1.88 bits per heavy atom. The highest BCUT2D eigenvalue weighted by Gasteiger charge is 2.36. The van der Waals surface area contributed by atoms with Gasteiger partial charge in [-0.2, -0.15) is 26.3 Å². The van der Waals surface area contributed by atoms with Gasteiger partial charge < -0.3 is 0 Å². The Labute approximate surface area is 140 Å². The van der Waals surface area contributed by atoms with E-state index in [1.807, 2.05) is 0 Å². The Hall–Kier alpha value is -2.50. The molecule has 0 radical (unpaired) electrons. The molecule has 0 bridgehead atoms. The fraction of sp³-hybridized carbons (Fsp3) is 0.158. The zero-order valence-electron chi connectivity index (χ0n) is 12.7. The number of benzene rings is 2. The molecule has 0 aromatic heterocycles. The SMILES string of the molecule is FC(F)(F)c1ccccc1C1=CC(c2ccccc2C(F)(F)F)C=C1. The molecule has 6 heteroatoms. The van der Waals surface area contributed by atoms with Crippen molar-refractivity contribution in [3.63, 3.8) is 0 Å². The standard InChI is InChI=1S/C19H12F6/c20-18(21,22)16-7-3-1-5-14(16)12-9-10-13(11-12)15-6-2-4-8-17(15)19(23,24)25/h1-12H. The maximum Gasteiger partial charge on any atom is 0.417 e. The maximum absolute atomic E-state index is 13.1. The summed E-state index contributed by atoms with van der Waals surface area (Å²) in [6.45, 7) is 0. The third kappa shape index (κ3) is 3.48. The van der Waals surface area contributed by atoms with E-state index in [9.17, 15) is 26.3 Å². The third-order valence-electron chi connectivity index (χ3n) is 4.01. The number of rotatable bonds is 2. The largest absolute Gasteiger partial charge is 0.417 e. The fourth-order valence-electron chi connectivity index (χ4n) is 2.91. The van der Waals surface area contributed by atoms with Crippen LogP contribution >= 0.6 is 0 Å². The van der Waals surface area contributed by atoms with Crippen molar-refractivity contribution in [2.24, 2.45) is 0 Å². The first-order valence-electron chi connectivity index (χ1n) is 7.40. The van der Waals surface area contributed by atoms with Gasteiger partial charge in [0.1, 0.15) is 0 Å². The summed E-state index contributed by atoms with van der Waals surface area (Å²) in [4.78, 5) is 0. The molecule has 0 N–H and O–H groups in total. The molecule has 1 aliphatic rings. The summed E-state index contributed by atoms with van der Waals surface area (Å²) in [6.07, 6.45) is -4.72. The molecule has 0 amide bonds. The number of allylic oxidation sites excluding steroid dienone is 4. The second kappa shape index (κ2) is 6.10. The van der Waals surface area contributed by atoms with E-state index in [0.717, 1.165) is 12.1 Å². The Bertz CT molecular complexity index is 839. The molecule has 130 valence electrons. The molecule has 3 rings (SSSR count). The average molecular weight is 354 g/mol. The van der Waals surface area contributed by atoms with Crippen LogP contribution in [0, 0.1) is 0 Å². The van der Waals surface area contributed by atoms with E-state index >= 15 is 0 Å². The number of hydrogen-bond donors (Lipinski definition) is 0. The van der Waals surface area contributed by atoms with Crippen molar-refractivity contribution in [1.82, 2.24) is 0 Å². The van der Waals surface area contributed by atoms with Crippen molar-refractivity contribution in [1.29, 1.82) is 0 Å². The predicted octanol–water partition coefficient (Wildman–Crippen LogP) is 6.46. The van der Waals surface area contributed by atoms with Crippen molar-refractivity contribution in [3.05, 3.63) is 89.0 Å².